The summed E-state index contributed by atoms with van der Waals surface area (Å²) in [6, 6.07) is 110. The van der Waals surface area contributed by atoms with Crippen molar-refractivity contribution in [3.63, 3.8) is 0 Å². The summed E-state index contributed by atoms with van der Waals surface area (Å²) in [7, 11) is 0. The molecule has 0 spiro atoms. The molecule has 1 radical (unpaired) electrons. The SMILES string of the molecule is [c]1ccc(-c2ccc(-c3ccc(-c4ccc(-c5ccc(-c6ccc(-c7ccc(-c8ccc(-c9ccc(-c%10ccc(-c%11ccc(-c%12ccccc%12)cc%11)cc%10)cc9)cc8)cc7)cc6)cc5)cc4)cc3)cc2)cc1. The summed E-state index contributed by atoms with van der Waals surface area (Å²) >= 11 is 0. The molecule has 0 N–H and O–H groups in total. The minimum atomic E-state index is 1.21. The fourth-order valence-corrected chi connectivity index (χ4v) is 9.76. The van der Waals surface area contributed by atoms with E-state index in [1.54, 1.807) is 0 Å². The molecule has 0 unspecified atom stereocenters. The van der Waals surface area contributed by atoms with Crippen LogP contribution < -0.4 is 0 Å². The first kappa shape index (κ1) is 43.9. The fourth-order valence-electron chi connectivity index (χ4n) is 9.76. The lowest BCUT2D eigenvalue weighted by Crippen LogP contribution is -1.84. The average molecular weight is 914 g/mol. The maximum Gasteiger partial charge on any atom is -0.0184 e. The molecule has 0 atom stereocenters. The summed E-state index contributed by atoms with van der Waals surface area (Å²) in [6.45, 7) is 0. The highest BCUT2D eigenvalue weighted by molar-refractivity contribution is 5.80. The van der Waals surface area contributed by atoms with Gasteiger partial charge in [-0.25, -0.2) is 0 Å². The first-order valence-electron chi connectivity index (χ1n) is 24.7. The van der Waals surface area contributed by atoms with Gasteiger partial charge in [0.05, 0.1) is 0 Å². The van der Waals surface area contributed by atoms with E-state index in [1.807, 2.05) is 12.1 Å². The van der Waals surface area contributed by atoms with Gasteiger partial charge < -0.3 is 0 Å². The van der Waals surface area contributed by atoms with E-state index in [1.165, 1.54) is 122 Å². The lowest BCUT2D eigenvalue weighted by molar-refractivity contribution is 1.55. The van der Waals surface area contributed by atoms with Crippen LogP contribution in [-0.2, 0) is 0 Å². The molecule has 72 heavy (non-hydrogen) atoms. The summed E-state index contributed by atoms with van der Waals surface area (Å²) in [4.78, 5) is 0. The minimum absolute atomic E-state index is 1.21. The van der Waals surface area contributed by atoms with Crippen molar-refractivity contribution in [3.8, 4) is 122 Å². The Kier molecular flexibility index (Phi) is 12.1. The average Bonchev–Trinajstić information content (AvgIpc) is 3.48. The third-order valence-electron chi connectivity index (χ3n) is 14.0. The van der Waals surface area contributed by atoms with Gasteiger partial charge in [0.15, 0.2) is 0 Å². The van der Waals surface area contributed by atoms with Crippen molar-refractivity contribution in [2.45, 2.75) is 0 Å². The van der Waals surface area contributed by atoms with Crippen molar-refractivity contribution in [2.24, 2.45) is 0 Å². The molecule has 0 aliphatic carbocycles. The summed E-state index contributed by atoms with van der Waals surface area (Å²) in [6.07, 6.45) is 0. The Morgan fingerprint density at radius 2 is 0.222 bits per heavy atom. The Bertz CT molecular complexity index is 3430. The van der Waals surface area contributed by atoms with Crippen LogP contribution in [0.4, 0.5) is 0 Å². The molecule has 0 aliphatic heterocycles. The van der Waals surface area contributed by atoms with Gasteiger partial charge in [0.25, 0.3) is 0 Å². The maximum atomic E-state index is 3.10. The van der Waals surface area contributed by atoms with Crippen LogP contribution in [0.2, 0.25) is 0 Å². The second kappa shape index (κ2) is 19.9. The number of benzene rings is 12. The molecule has 0 saturated carbocycles. The van der Waals surface area contributed by atoms with Crippen LogP contribution in [0.25, 0.3) is 122 Å². The third-order valence-corrected chi connectivity index (χ3v) is 14.0. The molecular weight excluding hydrogens is 865 g/mol. The lowest BCUT2D eigenvalue weighted by atomic mass is 9.95. The van der Waals surface area contributed by atoms with Crippen molar-refractivity contribution in [1.82, 2.24) is 0 Å². The van der Waals surface area contributed by atoms with Gasteiger partial charge in [-0.3, -0.25) is 0 Å². The van der Waals surface area contributed by atoms with E-state index in [9.17, 15) is 0 Å². The smallest absolute Gasteiger partial charge is 0.0184 e. The lowest BCUT2D eigenvalue weighted by Gasteiger charge is -2.10. The molecule has 0 amide bonds. The van der Waals surface area contributed by atoms with Crippen LogP contribution in [0, 0.1) is 6.07 Å². The first-order chi connectivity index (χ1) is 35.6. The Labute approximate surface area is 423 Å². The third kappa shape index (κ3) is 9.51. The standard InChI is InChI=1S/C72H49/c1-3-7-51(8-4-1)53-11-15-55(16-12-53)57-19-23-59(24-20-57)61-27-31-63(32-28-61)65-35-39-67(40-36-65)69-43-47-71(48-44-69)72-49-45-70(46-50-72)68-41-37-66(38-42-68)64-33-29-62(30-34-64)60-25-21-58(22-26-60)56-17-13-54(14-18-56)52-9-5-2-6-10-52/h1,3-50H. The topological polar surface area (TPSA) is 0 Å². The highest BCUT2D eigenvalue weighted by Crippen LogP contribution is 2.34. The van der Waals surface area contributed by atoms with Crippen LogP contribution in [-0.4, -0.2) is 0 Å². The van der Waals surface area contributed by atoms with Gasteiger partial charge >= 0.3 is 0 Å². The zero-order chi connectivity index (χ0) is 48.1. The Morgan fingerprint density at radius 1 is 0.111 bits per heavy atom. The van der Waals surface area contributed by atoms with Crippen LogP contribution in [0.15, 0.2) is 297 Å². The first-order valence-corrected chi connectivity index (χ1v) is 24.7. The normalized spacial score (nSPS) is 11.1. The van der Waals surface area contributed by atoms with Crippen molar-refractivity contribution >= 4 is 0 Å². The highest BCUT2D eigenvalue weighted by Gasteiger charge is 2.09. The van der Waals surface area contributed by atoms with E-state index >= 15 is 0 Å². The summed E-state index contributed by atoms with van der Waals surface area (Å²) in [5, 5.41) is 0. The molecule has 0 heterocycles. The van der Waals surface area contributed by atoms with Gasteiger partial charge in [0.2, 0.25) is 0 Å². The predicted octanol–water partition coefficient (Wildman–Crippen LogP) is 19.8. The van der Waals surface area contributed by atoms with Gasteiger partial charge in [0, 0.05) is 0 Å². The van der Waals surface area contributed by atoms with E-state index in [4.69, 9.17) is 0 Å². The molecule has 0 fully saturated rings. The molecule has 0 saturated heterocycles. The zero-order valence-corrected chi connectivity index (χ0v) is 39.8. The van der Waals surface area contributed by atoms with E-state index in [0.29, 0.717) is 0 Å². The Hall–Kier alpha value is -9.36. The predicted molar refractivity (Wildman–Crippen MR) is 305 cm³/mol. The van der Waals surface area contributed by atoms with Gasteiger partial charge in [-0.1, -0.05) is 297 Å². The number of hydrogen-bond acceptors (Lipinski definition) is 0. The van der Waals surface area contributed by atoms with Crippen molar-refractivity contribution in [2.75, 3.05) is 0 Å². The van der Waals surface area contributed by atoms with Crippen molar-refractivity contribution in [1.29, 1.82) is 0 Å². The number of hydrogen-bond donors (Lipinski definition) is 0. The zero-order valence-electron chi connectivity index (χ0n) is 39.8. The molecule has 0 nitrogen and oxygen atoms in total. The molecule has 12 aromatic carbocycles. The molecule has 0 heteroatoms. The Morgan fingerprint density at radius 3 is 0.361 bits per heavy atom. The van der Waals surface area contributed by atoms with E-state index in [0.717, 1.165) is 0 Å². The largest absolute Gasteiger partial charge is 0.0622 e. The van der Waals surface area contributed by atoms with Gasteiger partial charge in [0.1, 0.15) is 0 Å². The maximum absolute atomic E-state index is 3.10. The van der Waals surface area contributed by atoms with E-state index < -0.39 is 0 Å². The highest BCUT2D eigenvalue weighted by atomic mass is 14.1. The van der Waals surface area contributed by atoms with Crippen molar-refractivity contribution < 1.29 is 0 Å². The molecule has 12 rings (SSSR count). The summed E-state index contributed by atoms with van der Waals surface area (Å²) < 4.78 is 0. The van der Waals surface area contributed by atoms with E-state index in [2.05, 4.69) is 291 Å². The quantitative estimate of drug-likeness (QED) is 0.121. The second-order valence-electron chi connectivity index (χ2n) is 18.4. The second-order valence-corrected chi connectivity index (χ2v) is 18.4. The summed E-state index contributed by atoms with van der Waals surface area (Å²) in [5.74, 6) is 0. The van der Waals surface area contributed by atoms with Crippen LogP contribution in [0.3, 0.4) is 0 Å². The summed E-state index contributed by atoms with van der Waals surface area (Å²) in [5.41, 5.74) is 26.7. The van der Waals surface area contributed by atoms with Crippen molar-refractivity contribution in [3.05, 3.63) is 303 Å². The molecule has 0 aromatic heterocycles. The van der Waals surface area contributed by atoms with Crippen LogP contribution in [0.1, 0.15) is 0 Å². The molecular formula is C72H49. The molecule has 0 bridgehead atoms. The van der Waals surface area contributed by atoms with Gasteiger partial charge in [-0.05, 0) is 128 Å². The molecule has 337 valence electrons. The Balaban J connectivity index is 0.645. The van der Waals surface area contributed by atoms with Crippen LogP contribution >= 0.6 is 0 Å². The number of rotatable bonds is 11. The van der Waals surface area contributed by atoms with E-state index in [-0.39, 0.29) is 0 Å². The molecule has 12 aromatic rings. The minimum Gasteiger partial charge on any atom is -0.0622 e. The van der Waals surface area contributed by atoms with Gasteiger partial charge in [-0.15, -0.1) is 0 Å². The monoisotopic (exact) mass is 913 g/mol. The molecule has 0 aliphatic rings. The van der Waals surface area contributed by atoms with Crippen LogP contribution in [0.5, 0.6) is 0 Å². The fraction of sp³-hybridized carbons (Fsp3) is 0. The van der Waals surface area contributed by atoms with Gasteiger partial charge in [-0.2, -0.15) is 0 Å².